The third kappa shape index (κ3) is 2.99. The molecule has 92 valence electrons. The average Bonchev–Trinajstić information content (AvgIpc) is 3.01. The molecule has 1 saturated carbocycles. The second-order valence-electron chi connectivity index (χ2n) is 4.81. The van der Waals surface area contributed by atoms with E-state index in [0.717, 1.165) is 23.8 Å². The van der Waals surface area contributed by atoms with Crippen molar-refractivity contribution in [3.8, 4) is 5.75 Å². The van der Waals surface area contributed by atoms with E-state index in [1.807, 2.05) is 13.0 Å². The fourth-order valence-electron chi connectivity index (χ4n) is 1.90. The summed E-state index contributed by atoms with van der Waals surface area (Å²) >= 11 is 0. The van der Waals surface area contributed by atoms with Gasteiger partial charge in [-0.2, -0.15) is 0 Å². The van der Waals surface area contributed by atoms with Crippen molar-refractivity contribution in [2.75, 3.05) is 13.7 Å². The lowest BCUT2D eigenvalue weighted by molar-refractivity contribution is 0.0600. The van der Waals surface area contributed by atoms with Crippen molar-refractivity contribution in [1.82, 2.24) is 0 Å². The number of ether oxygens (including phenoxy) is 2. The second-order valence-corrected chi connectivity index (χ2v) is 4.81. The van der Waals surface area contributed by atoms with Gasteiger partial charge in [-0.3, -0.25) is 0 Å². The van der Waals surface area contributed by atoms with Crippen LogP contribution in [0, 0.1) is 18.8 Å². The van der Waals surface area contributed by atoms with Crippen molar-refractivity contribution in [3.63, 3.8) is 0 Å². The fraction of sp³-hybridized carbons (Fsp3) is 0.500. The zero-order chi connectivity index (χ0) is 12.4. The number of rotatable bonds is 4. The molecule has 0 N–H and O–H groups in total. The summed E-state index contributed by atoms with van der Waals surface area (Å²) in [5.41, 5.74) is 1.55. The lowest BCUT2D eigenvalue weighted by atomic mass is 10.1. The summed E-state index contributed by atoms with van der Waals surface area (Å²) in [6.45, 7) is 4.91. The molecule has 0 spiro atoms. The largest absolute Gasteiger partial charge is 0.493 e. The van der Waals surface area contributed by atoms with Crippen LogP contribution >= 0.6 is 0 Å². The van der Waals surface area contributed by atoms with E-state index in [1.165, 1.54) is 13.5 Å². The molecule has 0 heterocycles. The van der Waals surface area contributed by atoms with Crippen LogP contribution < -0.4 is 4.74 Å². The van der Waals surface area contributed by atoms with Gasteiger partial charge in [-0.25, -0.2) is 4.79 Å². The van der Waals surface area contributed by atoms with Gasteiger partial charge in [0.05, 0.1) is 19.3 Å². The molecule has 1 aliphatic carbocycles. The SMILES string of the molecule is COC(=O)c1cc(C)cc(OCC2CC2C)c1. The van der Waals surface area contributed by atoms with E-state index >= 15 is 0 Å². The summed E-state index contributed by atoms with van der Waals surface area (Å²) in [5, 5.41) is 0. The molecular weight excluding hydrogens is 216 g/mol. The van der Waals surface area contributed by atoms with Gasteiger partial charge in [-0.15, -0.1) is 0 Å². The maximum absolute atomic E-state index is 11.4. The molecule has 0 aromatic heterocycles. The fourth-order valence-corrected chi connectivity index (χ4v) is 1.90. The Hall–Kier alpha value is -1.51. The van der Waals surface area contributed by atoms with Crippen LogP contribution in [0.25, 0.3) is 0 Å². The van der Waals surface area contributed by atoms with Gasteiger partial charge in [0.25, 0.3) is 0 Å². The minimum absolute atomic E-state index is 0.321. The van der Waals surface area contributed by atoms with Crippen molar-refractivity contribution in [2.24, 2.45) is 11.8 Å². The van der Waals surface area contributed by atoms with Gasteiger partial charge in [-0.1, -0.05) is 6.92 Å². The van der Waals surface area contributed by atoms with Gasteiger partial charge in [0.15, 0.2) is 0 Å². The molecule has 2 atom stereocenters. The molecule has 0 bridgehead atoms. The molecule has 0 amide bonds. The van der Waals surface area contributed by atoms with E-state index in [4.69, 9.17) is 9.47 Å². The average molecular weight is 234 g/mol. The molecular formula is C14H18O3. The molecule has 3 heteroatoms. The van der Waals surface area contributed by atoms with E-state index < -0.39 is 0 Å². The maximum Gasteiger partial charge on any atom is 0.337 e. The second kappa shape index (κ2) is 4.78. The lowest BCUT2D eigenvalue weighted by Gasteiger charge is -2.08. The molecule has 1 fully saturated rings. The van der Waals surface area contributed by atoms with E-state index in [2.05, 4.69) is 6.92 Å². The van der Waals surface area contributed by atoms with Crippen molar-refractivity contribution in [3.05, 3.63) is 29.3 Å². The van der Waals surface area contributed by atoms with Gasteiger partial charge in [0.1, 0.15) is 5.75 Å². The molecule has 2 rings (SSSR count). The van der Waals surface area contributed by atoms with E-state index in [9.17, 15) is 4.79 Å². The van der Waals surface area contributed by atoms with Gasteiger partial charge >= 0.3 is 5.97 Å². The Morgan fingerprint density at radius 3 is 2.71 bits per heavy atom. The minimum Gasteiger partial charge on any atom is -0.493 e. The van der Waals surface area contributed by atoms with E-state index in [1.54, 1.807) is 12.1 Å². The molecule has 1 aromatic rings. The van der Waals surface area contributed by atoms with Gasteiger partial charge in [0.2, 0.25) is 0 Å². The highest BCUT2D eigenvalue weighted by Crippen LogP contribution is 2.37. The van der Waals surface area contributed by atoms with Crippen LogP contribution in [0.5, 0.6) is 5.75 Å². The Labute approximate surface area is 102 Å². The number of aryl methyl sites for hydroxylation is 1. The van der Waals surface area contributed by atoms with Gasteiger partial charge < -0.3 is 9.47 Å². The van der Waals surface area contributed by atoms with Crippen LogP contribution in [0.2, 0.25) is 0 Å². The van der Waals surface area contributed by atoms with Crippen molar-refractivity contribution in [2.45, 2.75) is 20.3 Å². The van der Waals surface area contributed by atoms with Crippen LogP contribution in [0.3, 0.4) is 0 Å². The molecule has 2 unspecified atom stereocenters. The minimum atomic E-state index is -0.321. The van der Waals surface area contributed by atoms with E-state index in [0.29, 0.717) is 11.5 Å². The summed E-state index contributed by atoms with van der Waals surface area (Å²) in [5.74, 6) is 1.89. The first-order chi connectivity index (χ1) is 8.10. The first-order valence-corrected chi connectivity index (χ1v) is 5.93. The first-order valence-electron chi connectivity index (χ1n) is 5.93. The zero-order valence-corrected chi connectivity index (χ0v) is 10.5. The third-order valence-corrected chi connectivity index (χ3v) is 3.21. The standard InChI is InChI=1S/C14H18O3/c1-9-4-11(14(15)16-3)7-13(5-9)17-8-12-6-10(12)2/h4-5,7,10,12H,6,8H2,1-3H3. The molecule has 0 radical (unpaired) electrons. The van der Waals surface area contributed by atoms with Crippen molar-refractivity contribution < 1.29 is 14.3 Å². The van der Waals surface area contributed by atoms with Crippen molar-refractivity contribution in [1.29, 1.82) is 0 Å². The Bertz CT molecular complexity index is 425. The van der Waals surface area contributed by atoms with E-state index in [-0.39, 0.29) is 5.97 Å². The van der Waals surface area contributed by atoms with Crippen LogP contribution in [0.15, 0.2) is 18.2 Å². The van der Waals surface area contributed by atoms with Crippen LogP contribution in [-0.2, 0) is 4.74 Å². The van der Waals surface area contributed by atoms with Crippen LogP contribution in [-0.4, -0.2) is 19.7 Å². The van der Waals surface area contributed by atoms with Crippen molar-refractivity contribution >= 4 is 5.97 Å². The maximum atomic E-state index is 11.4. The number of hydrogen-bond donors (Lipinski definition) is 0. The van der Waals surface area contributed by atoms with Gasteiger partial charge in [-0.05, 0) is 48.9 Å². The first kappa shape index (κ1) is 12.0. The lowest BCUT2D eigenvalue weighted by Crippen LogP contribution is -2.04. The number of hydrogen-bond acceptors (Lipinski definition) is 3. The monoisotopic (exact) mass is 234 g/mol. The number of benzene rings is 1. The van der Waals surface area contributed by atoms with Crippen LogP contribution in [0.4, 0.5) is 0 Å². The summed E-state index contributed by atoms with van der Waals surface area (Å²) in [6, 6.07) is 5.49. The molecule has 17 heavy (non-hydrogen) atoms. The molecule has 3 nitrogen and oxygen atoms in total. The predicted molar refractivity (Wildman–Crippen MR) is 65.3 cm³/mol. The number of esters is 1. The van der Waals surface area contributed by atoms with Gasteiger partial charge in [0, 0.05) is 0 Å². The number of methoxy groups -OCH3 is 1. The molecule has 0 aliphatic heterocycles. The highest BCUT2D eigenvalue weighted by molar-refractivity contribution is 5.90. The normalized spacial score (nSPS) is 22.1. The Kier molecular flexibility index (Phi) is 3.36. The van der Waals surface area contributed by atoms with Crippen LogP contribution in [0.1, 0.15) is 29.3 Å². The topological polar surface area (TPSA) is 35.5 Å². The molecule has 1 aromatic carbocycles. The summed E-state index contributed by atoms with van der Waals surface area (Å²) in [7, 11) is 1.39. The highest BCUT2D eigenvalue weighted by atomic mass is 16.5. The smallest absolute Gasteiger partial charge is 0.337 e. The third-order valence-electron chi connectivity index (χ3n) is 3.21. The highest BCUT2D eigenvalue weighted by Gasteiger charge is 2.33. The molecule has 1 aliphatic rings. The Balaban J connectivity index is 2.05. The summed E-state index contributed by atoms with van der Waals surface area (Å²) in [6.07, 6.45) is 1.25. The predicted octanol–water partition coefficient (Wildman–Crippen LogP) is 2.82. The number of carbonyl (C=O) groups is 1. The zero-order valence-electron chi connectivity index (χ0n) is 10.5. The number of carbonyl (C=O) groups excluding carboxylic acids is 1. The quantitative estimate of drug-likeness (QED) is 0.751. The summed E-state index contributed by atoms with van der Waals surface area (Å²) in [4.78, 5) is 11.4. The Morgan fingerprint density at radius 2 is 2.12 bits per heavy atom. The Morgan fingerprint density at radius 1 is 1.41 bits per heavy atom. The molecule has 0 saturated heterocycles. The summed E-state index contributed by atoms with van der Waals surface area (Å²) < 4.78 is 10.4.